The van der Waals surface area contributed by atoms with E-state index in [0.29, 0.717) is 25.3 Å². The van der Waals surface area contributed by atoms with Crippen LogP contribution in [0, 0.1) is 6.92 Å². The normalized spacial score (nSPS) is 17.1. The topological polar surface area (TPSA) is 98.4 Å². The third kappa shape index (κ3) is 4.52. The lowest BCUT2D eigenvalue weighted by Gasteiger charge is -2.39. The molecule has 1 aromatic heterocycles. The van der Waals surface area contributed by atoms with Gasteiger partial charge in [-0.2, -0.15) is 0 Å². The Balaban J connectivity index is 1.57. The van der Waals surface area contributed by atoms with Gasteiger partial charge in [-0.05, 0) is 19.4 Å². The minimum atomic E-state index is -0.545. The molecule has 8 nitrogen and oxygen atoms in total. The Labute approximate surface area is 157 Å². The fourth-order valence-electron chi connectivity index (χ4n) is 3.05. The van der Waals surface area contributed by atoms with E-state index in [1.165, 1.54) is 22.9 Å². The summed E-state index contributed by atoms with van der Waals surface area (Å²) in [7, 11) is 0. The molecule has 27 heavy (non-hydrogen) atoms. The number of carbonyl (C=O) groups is 2. The summed E-state index contributed by atoms with van der Waals surface area (Å²) < 4.78 is 0. The zero-order valence-corrected chi connectivity index (χ0v) is 15.4. The fourth-order valence-corrected chi connectivity index (χ4v) is 3.05. The molecular formula is C19H23N5O3. The highest BCUT2D eigenvalue weighted by Crippen LogP contribution is 2.15. The van der Waals surface area contributed by atoms with Crippen LogP contribution in [0.15, 0.2) is 41.5 Å². The van der Waals surface area contributed by atoms with Crippen molar-refractivity contribution in [2.24, 2.45) is 0 Å². The van der Waals surface area contributed by atoms with Crippen molar-refractivity contribution in [2.75, 3.05) is 13.1 Å². The molecule has 0 aliphatic carbocycles. The molecule has 0 unspecified atom stereocenters. The second kappa shape index (κ2) is 8.03. The van der Waals surface area contributed by atoms with Gasteiger partial charge in [0, 0.05) is 25.7 Å². The van der Waals surface area contributed by atoms with Gasteiger partial charge >= 0.3 is 6.03 Å². The van der Waals surface area contributed by atoms with Gasteiger partial charge in [-0.25, -0.2) is 9.78 Å². The Hall–Kier alpha value is -3.16. The lowest BCUT2D eigenvalue weighted by atomic mass is 10.1. The third-order valence-electron chi connectivity index (χ3n) is 4.66. The van der Waals surface area contributed by atoms with Crippen LogP contribution in [0.4, 0.5) is 4.79 Å². The predicted molar refractivity (Wildman–Crippen MR) is 99.9 cm³/mol. The third-order valence-corrected chi connectivity index (χ3v) is 4.66. The van der Waals surface area contributed by atoms with Crippen molar-refractivity contribution < 1.29 is 9.59 Å². The second-order valence-corrected chi connectivity index (χ2v) is 6.68. The zero-order valence-electron chi connectivity index (χ0n) is 15.4. The maximum Gasteiger partial charge on any atom is 0.318 e. The van der Waals surface area contributed by atoms with Gasteiger partial charge in [-0.3, -0.25) is 9.59 Å². The summed E-state index contributed by atoms with van der Waals surface area (Å²) in [5.41, 5.74) is 2.43. The van der Waals surface area contributed by atoms with E-state index in [9.17, 15) is 14.4 Å². The van der Waals surface area contributed by atoms with Crippen molar-refractivity contribution in [3.05, 3.63) is 63.8 Å². The summed E-state index contributed by atoms with van der Waals surface area (Å²) in [6.07, 6.45) is 1.29. The van der Waals surface area contributed by atoms with Crippen molar-refractivity contribution in [2.45, 2.75) is 33.0 Å². The van der Waals surface area contributed by atoms with Crippen LogP contribution in [0.5, 0.6) is 0 Å². The number of amides is 3. The lowest BCUT2D eigenvalue weighted by molar-refractivity contribution is -0.139. The van der Waals surface area contributed by atoms with Gasteiger partial charge in [0.2, 0.25) is 5.91 Å². The smallest absolute Gasteiger partial charge is 0.318 e. The first kappa shape index (κ1) is 18.6. The van der Waals surface area contributed by atoms with Gasteiger partial charge in [0.25, 0.3) is 5.56 Å². The van der Waals surface area contributed by atoms with Crippen LogP contribution in [0.25, 0.3) is 0 Å². The lowest BCUT2D eigenvalue weighted by Crippen LogP contribution is -2.59. The van der Waals surface area contributed by atoms with E-state index in [2.05, 4.69) is 15.3 Å². The molecule has 2 heterocycles. The van der Waals surface area contributed by atoms with Crippen LogP contribution >= 0.6 is 0 Å². The second-order valence-electron chi connectivity index (χ2n) is 6.68. The Kier molecular flexibility index (Phi) is 5.54. The highest BCUT2D eigenvalue weighted by atomic mass is 16.2. The number of nitrogens with one attached hydrogen (secondary N) is 2. The Bertz CT molecular complexity index is 877. The van der Waals surface area contributed by atoms with Crippen molar-refractivity contribution in [1.29, 1.82) is 0 Å². The van der Waals surface area contributed by atoms with E-state index in [0.717, 1.165) is 5.56 Å². The predicted octanol–water partition coefficient (Wildman–Crippen LogP) is 1.02. The van der Waals surface area contributed by atoms with Crippen molar-refractivity contribution >= 4 is 11.9 Å². The Morgan fingerprint density at radius 1 is 1.26 bits per heavy atom. The number of H-pyrrole nitrogens is 1. The molecule has 1 aliphatic rings. The summed E-state index contributed by atoms with van der Waals surface area (Å²) in [5, 5.41) is 2.72. The Morgan fingerprint density at radius 3 is 2.70 bits per heavy atom. The standard InChI is InChI=1S/C19H23N5O3/c1-13-3-5-15(6-4-13)11-23-7-8-24(14(2)18(23)26)19(27)20-10-16-9-17(25)22-12-21-16/h3-6,9,12,14H,7-8,10-11H2,1-2H3,(H,20,27)(H,21,22,25)/t14-/m0/s1. The van der Waals surface area contributed by atoms with Crippen LogP contribution in [0.2, 0.25) is 0 Å². The summed E-state index contributed by atoms with van der Waals surface area (Å²) in [6, 6.07) is 8.52. The number of piperazine rings is 1. The van der Waals surface area contributed by atoms with Gasteiger partial charge in [0.1, 0.15) is 6.04 Å². The first-order valence-corrected chi connectivity index (χ1v) is 8.86. The molecule has 0 bridgehead atoms. The van der Waals surface area contributed by atoms with Gasteiger partial charge in [0.05, 0.1) is 18.6 Å². The molecule has 0 saturated carbocycles. The van der Waals surface area contributed by atoms with E-state index >= 15 is 0 Å². The summed E-state index contributed by atoms with van der Waals surface area (Å²) in [4.78, 5) is 46.1. The number of urea groups is 1. The molecule has 0 spiro atoms. The maximum atomic E-state index is 12.7. The molecule has 1 saturated heterocycles. The molecule has 1 atom stereocenters. The largest absolute Gasteiger partial charge is 0.335 e. The maximum absolute atomic E-state index is 12.7. The molecule has 2 aromatic rings. The first-order chi connectivity index (χ1) is 12.9. The van der Waals surface area contributed by atoms with E-state index in [-0.39, 0.29) is 24.0 Å². The highest BCUT2D eigenvalue weighted by molar-refractivity contribution is 5.88. The van der Waals surface area contributed by atoms with Crippen molar-refractivity contribution in [1.82, 2.24) is 25.1 Å². The zero-order chi connectivity index (χ0) is 19.4. The van der Waals surface area contributed by atoms with Gasteiger partial charge in [-0.1, -0.05) is 29.8 Å². The van der Waals surface area contributed by atoms with Crippen LogP contribution in [0.1, 0.15) is 23.7 Å². The number of benzene rings is 1. The van der Waals surface area contributed by atoms with E-state index in [1.807, 2.05) is 31.2 Å². The molecular weight excluding hydrogens is 346 g/mol. The minimum absolute atomic E-state index is 0.0775. The van der Waals surface area contributed by atoms with E-state index < -0.39 is 6.04 Å². The van der Waals surface area contributed by atoms with Crippen LogP contribution in [-0.2, 0) is 17.9 Å². The molecule has 3 amide bonds. The monoisotopic (exact) mass is 369 g/mol. The molecule has 142 valence electrons. The van der Waals surface area contributed by atoms with Crippen LogP contribution in [0.3, 0.4) is 0 Å². The van der Waals surface area contributed by atoms with Crippen molar-refractivity contribution in [3.63, 3.8) is 0 Å². The van der Waals surface area contributed by atoms with Gasteiger partial charge < -0.3 is 20.1 Å². The number of hydrogen-bond donors (Lipinski definition) is 2. The molecule has 0 radical (unpaired) electrons. The quantitative estimate of drug-likeness (QED) is 0.841. The molecule has 1 fully saturated rings. The summed E-state index contributed by atoms with van der Waals surface area (Å²) >= 11 is 0. The molecule has 1 aromatic carbocycles. The number of carbonyl (C=O) groups excluding carboxylic acids is 2. The number of aromatic amines is 1. The SMILES string of the molecule is Cc1ccc(CN2CCN(C(=O)NCc3cc(=O)[nH]cn3)[C@@H](C)C2=O)cc1. The van der Waals surface area contributed by atoms with Crippen LogP contribution in [-0.4, -0.2) is 50.8 Å². The Morgan fingerprint density at radius 2 is 2.00 bits per heavy atom. The number of nitrogens with zero attached hydrogens (tertiary/aromatic N) is 3. The fraction of sp³-hybridized carbons (Fsp3) is 0.368. The molecule has 8 heteroatoms. The van der Waals surface area contributed by atoms with Crippen molar-refractivity contribution in [3.8, 4) is 0 Å². The molecule has 1 aliphatic heterocycles. The first-order valence-electron chi connectivity index (χ1n) is 8.86. The van der Waals surface area contributed by atoms with Crippen LogP contribution < -0.4 is 10.9 Å². The minimum Gasteiger partial charge on any atom is -0.335 e. The average Bonchev–Trinajstić information content (AvgIpc) is 2.65. The van der Waals surface area contributed by atoms with E-state index in [4.69, 9.17) is 0 Å². The number of aromatic nitrogens is 2. The highest BCUT2D eigenvalue weighted by Gasteiger charge is 2.34. The summed E-state index contributed by atoms with van der Waals surface area (Å²) in [6.45, 7) is 5.36. The van der Waals surface area contributed by atoms with Gasteiger partial charge in [0.15, 0.2) is 0 Å². The molecule has 2 N–H and O–H groups in total. The molecule has 3 rings (SSSR count). The summed E-state index contributed by atoms with van der Waals surface area (Å²) in [5.74, 6) is -0.0775. The number of rotatable bonds is 4. The van der Waals surface area contributed by atoms with Gasteiger partial charge in [-0.15, -0.1) is 0 Å². The van der Waals surface area contributed by atoms with E-state index in [1.54, 1.807) is 11.8 Å². The average molecular weight is 369 g/mol. The number of hydrogen-bond acceptors (Lipinski definition) is 4. The number of aryl methyl sites for hydroxylation is 1.